The summed E-state index contributed by atoms with van der Waals surface area (Å²) in [5.41, 5.74) is 7.28. The first-order valence-corrected chi connectivity index (χ1v) is 9.14. The zero-order valence-electron chi connectivity index (χ0n) is 15.9. The number of nitrogen functional groups attached to an aromatic ring is 1. The highest BCUT2D eigenvalue weighted by atomic mass is 19.1. The van der Waals surface area contributed by atoms with E-state index in [9.17, 15) is 9.18 Å². The van der Waals surface area contributed by atoms with E-state index in [1.165, 1.54) is 12.4 Å². The third-order valence-electron chi connectivity index (χ3n) is 5.07. The number of hydrogen-bond acceptors (Lipinski definition) is 7. The van der Waals surface area contributed by atoms with E-state index < -0.39 is 5.82 Å². The van der Waals surface area contributed by atoms with Crippen molar-refractivity contribution in [3.8, 4) is 0 Å². The molecule has 3 heterocycles. The fourth-order valence-corrected chi connectivity index (χ4v) is 3.36. The van der Waals surface area contributed by atoms with Gasteiger partial charge in [-0.3, -0.25) is 4.79 Å². The number of piperazine rings is 1. The molecule has 5 N–H and O–H groups in total. The molecule has 0 saturated carbocycles. The SMILES string of the molecule is CN1CCN(C(=O)c2c[nH]c3ncnc(Nc4cc(C=N)c(N)cc4F)c23)CC1. The largest absolute Gasteiger partial charge is 0.398 e. The monoisotopic (exact) mass is 396 g/mol. The van der Waals surface area contributed by atoms with Gasteiger partial charge >= 0.3 is 0 Å². The first-order chi connectivity index (χ1) is 14.0. The van der Waals surface area contributed by atoms with Crippen LogP contribution in [0.1, 0.15) is 15.9 Å². The Bertz CT molecular complexity index is 1090. The number of hydrogen-bond donors (Lipinski definition) is 4. The summed E-state index contributed by atoms with van der Waals surface area (Å²) < 4.78 is 14.4. The molecule has 1 aliphatic heterocycles. The summed E-state index contributed by atoms with van der Waals surface area (Å²) >= 11 is 0. The lowest BCUT2D eigenvalue weighted by Gasteiger charge is -2.32. The summed E-state index contributed by atoms with van der Waals surface area (Å²) in [6.45, 7) is 2.87. The highest BCUT2D eigenvalue weighted by Gasteiger charge is 2.25. The molecule has 0 atom stereocenters. The number of amides is 1. The number of anilines is 3. The molecule has 10 heteroatoms. The molecule has 150 valence electrons. The maximum Gasteiger partial charge on any atom is 0.256 e. The minimum absolute atomic E-state index is 0.108. The van der Waals surface area contributed by atoms with Gasteiger partial charge in [-0.2, -0.15) is 0 Å². The number of aromatic nitrogens is 3. The van der Waals surface area contributed by atoms with Crippen molar-refractivity contribution in [2.45, 2.75) is 0 Å². The molecule has 29 heavy (non-hydrogen) atoms. The molecule has 1 amide bonds. The van der Waals surface area contributed by atoms with Crippen molar-refractivity contribution >= 4 is 40.3 Å². The van der Waals surface area contributed by atoms with Crippen LogP contribution < -0.4 is 11.1 Å². The Morgan fingerprint density at radius 1 is 1.31 bits per heavy atom. The maximum atomic E-state index is 14.4. The van der Waals surface area contributed by atoms with Gasteiger partial charge in [0.15, 0.2) is 0 Å². The maximum absolute atomic E-state index is 14.4. The summed E-state index contributed by atoms with van der Waals surface area (Å²) in [4.78, 5) is 28.4. The zero-order chi connectivity index (χ0) is 20.5. The van der Waals surface area contributed by atoms with Gasteiger partial charge in [-0.15, -0.1) is 0 Å². The minimum Gasteiger partial charge on any atom is -0.398 e. The Morgan fingerprint density at radius 2 is 2.07 bits per heavy atom. The van der Waals surface area contributed by atoms with E-state index in [1.807, 2.05) is 7.05 Å². The number of fused-ring (bicyclic) bond motifs is 1. The van der Waals surface area contributed by atoms with Crippen LogP contribution in [0.2, 0.25) is 0 Å². The van der Waals surface area contributed by atoms with E-state index in [1.54, 1.807) is 11.1 Å². The number of carbonyl (C=O) groups excluding carboxylic acids is 1. The van der Waals surface area contributed by atoms with Gasteiger partial charge in [0.1, 0.15) is 23.6 Å². The first kappa shape index (κ1) is 18.8. The van der Waals surface area contributed by atoms with Crippen LogP contribution in [0, 0.1) is 11.2 Å². The summed E-state index contributed by atoms with van der Waals surface area (Å²) in [6, 6.07) is 2.58. The van der Waals surface area contributed by atoms with Gasteiger partial charge in [-0.25, -0.2) is 14.4 Å². The van der Waals surface area contributed by atoms with Crippen molar-refractivity contribution in [3.63, 3.8) is 0 Å². The van der Waals surface area contributed by atoms with Gasteiger partial charge < -0.3 is 31.2 Å². The molecule has 1 aliphatic rings. The van der Waals surface area contributed by atoms with Gasteiger partial charge in [-0.05, 0) is 19.2 Å². The number of aromatic amines is 1. The lowest BCUT2D eigenvalue weighted by Crippen LogP contribution is -2.47. The van der Waals surface area contributed by atoms with Crippen LogP contribution in [0.25, 0.3) is 11.0 Å². The fraction of sp³-hybridized carbons (Fsp3) is 0.263. The van der Waals surface area contributed by atoms with Crippen LogP contribution in [0.5, 0.6) is 0 Å². The number of rotatable bonds is 4. The molecule has 9 nitrogen and oxygen atoms in total. The standard InChI is InChI=1S/C19H21FN8O/c1-27-2-4-28(5-3-27)19(29)12-9-23-17-16(12)18(25-10-24-17)26-15-6-11(8-21)14(22)7-13(15)20/h6-10,21H,2-5,22H2,1H3,(H2,23,24,25,26). The molecule has 4 rings (SSSR count). The van der Waals surface area contributed by atoms with Gasteiger partial charge in [0.25, 0.3) is 5.91 Å². The predicted octanol–water partition coefficient (Wildman–Crippen LogP) is 1.81. The van der Waals surface area contributed by atoms with Crippen molar-refractivity contribution in [2.24, 2.45) is 0 Å². The van der Waals surface area contributed by atoms with E-state index >= 15 is 0 Å². The topological polar surface area (TPSA) is 127 Å². The quantitative estimate of drug-likeness (QED) is 0.393. The van der Waals surface area contributed by atoms with E-state index in [0.717, 1.165) is 25.4 Å². The summed E-state index contributed by atoms with van der Waals surface area (Å²) in [7, 11) is 2.02. The molecule has 2 aromatic heterocycles. The fourth-order valence-electron chi connectivity index (χ4n) is 3.36. The summed E-state index contributed by atoms with van der Waals surface area (Å²) in [6.07, 6.45) is 3.99. The van der Waals surface area contributed by atoms with Crippen LogP contribution >= 0.6 is 0 Å². The Labute approximate surface area is 166 Å². The average Bonchev–Trinajstić information content (AvgIpc) is 3.15. The predicted molar refractivity (Wildman–Crippen MR) is 109 cm³/mol. The van der Waals surface area contributed by atoms with Crippen molar-refractivity contribution in [3.05, 3.63) is 41.6 Å². The number of H-pyrrole nitrogens is 1. The van der Waals surface area contributed by atoms with Crippen LogP contribution in [0.4, 0.5) is 21.6 Å². The number of benzene rings is 1. The molecular formula is C19H21FN8O. The van der Waals surface area contributed by atoms with Gasteiger partial charge in [0.2, 0.25) is 0 Å². The van der Waals surface area contributed by atoms with Gasteiger partial charge in [0.05, 0.1) is 16.6 Å². The third-order valence-corrected chi connectivity index (χ3v) is 5.07. The van der Waals surface area contributed by atoms with Crippen molar-refractivity contribution in [2.75, 3.05) is 44.3 Å². The Balaban J connectivity index is 1.72. The second kappa shape index (κ2) is 7.47. The Morgan fingerprint density at radius 3 is 2.79 bits per heavy atom. The van der Waals surface area contributed by atoms with Crippen molar-refractivity contribution in [1.29, 1.82) is 5.41 Å². The first-order valence-electron chi connectivity index (χ1n) is 9.14. The normalized spacial score (nSPS) is 14.9. The van der Waals surface area contributed by atoms with E-state index in [-0.39, 0.29) is 17.3 Å². The molecular weight excluding hydrogens is 375 g/mol. The van der Waals surface area contributed by atoms with Gasteiger partial charge in [-0.1, -0.05) is 0 Å². The Hall–Kier alpha value is -3.53. The summed E-state index contributed by atoms with van der Waals surface area (Å²) in [5.74, 6) is -0.407. The summed E-state index contributed by atoms with van der Waals surface area (Å²) in [5, 5.41) is 10.8. The molecule has 0 radical (unpaired) electrons. The van der Waals surface area contributed by atoms with Crippen molar-refractivity contribution < 1.29 is 9.18 Å². The highest BCUT2D eigenvalue weighted by Crippen LogP contribution is 2.29. The number of nitrogens with two attached hydrogens (primary N) is 1. The van der Waals surface area contributed by atoms with Crippen molar-refractivity contribution in [1.82, 2.24) is 24.8 Å². The van der Waals surface area contributed by atoms with E-state index in [2.05, 4.69) is 25.2 Å². The van der Waals surface area contributed by atoms with Crippen LogP contribution in [0.3, 0.4) is 0 Å². The molecule has 0 spiro atoms. The second-order valence-electron chi connectivity index (χ2n) is 6.97. The Kier molecular flexibility index (Phi) is 4.85. The highest BCUT2D eigenvalue weighted by molar-refractivity contribution is 6.10. The molecule has 0 aliphatic carbocycles. The average molecular weight is 396 g/mol. The number of likely N-dealkylation sites (N-methyl/N-ethyl adjacent to an activating group) is 1. The van der Waals surface area contributed by atoms with E-state index in [0.29, 0.717) is 41.1 Å². The second-order valence-corrected chi connectivity index (χ2v) is 6.97. The lowest BCUT2D eigenvalue weighted by molar-refractivity contribution is 0.0666. The van der Waals surface area contributed by atoms with E-state index in [4.69, 9.17) is 11.1 Å². The molecule has 0 bridgehead atoms. The number of halogens is 1. The molecule has 0 unspecified atom stereocenters. The van der Waals surface area contributed by atoms with Crippen LogP contribution in [-0.2, 0) is 0 Å². The molecule has 1 saturated heterocycles. The van der Waals surface area contributed by atoms with Crippen LogP contribution in [-0.4, -0.2) is 70.1 Å². The molecule has 1 fully saturated rings. The number of nitrogens with zero attached hydrogens (tertiary/aromatic N) is 4. The minimum atomic E-state index is -0.581. The van der Waals surface area contributed by atoms with Crippen LogP contribution in [0.15, 0.2) is 24.7 Å². The third kappa shape index (κ3) is 3.49. The zero-order valence-corrected chi connectivity index (χ0v) is 15.9. The number of nitrogens with one attached hydrogen (secondary N) is 3. The molecule has 1 aromatic carbocycles. The van der Waals surface area contributed by atoms with Gasteiger partial charge in [0, 0.05) is 49.8 Å². The lowest BCUT2D eigenvalue weighted by atomic mass is 10.1. The smallest absolute Gasteiger partial charge is 0.256 e. The number of carbonyl (C=O) groups is 1. The molecule has 3 aromatic rings.